The van der Waals surface area contributed by atoms with Crippen molar-refractivity contribution in [3.8, 4) is 0 Å². The minimum atomic E-state index is 0.459. The van der Waals surface area contributed by atoms with E-state index in [2.05, 4.69) is 49.7 Å². The van der Waals surface area contributed by atoms with Gasteiger partial charge in [-0.2, -0.15) is 11.8 Å². The lowest BCUT2D eigenvalue weighted by molar-refractivity contribution is 0.570. The predicted molar refractivity (Wildman–Crippen MR) is 86.9 cm³/mol. The Bertz CT molecular complexity index is 311. The first-order chi connectivity index (χ1) is 8.77. The van der Waals surface area contributed by atoms with Gasteiger partial charge in [0.2, 0.25) is 0 Å². The summed E-state index contributed by atoms with van der Waals surface area (Å²) in [6.07, 6.45) is 4.65. The van der Waals surface area contributed by atoms with Crippen LogP contribution >= 0.6 is 23.5 Å². The molecular weight excluding hydrogens is 258 g/mol. The third-order valence-corrected chi connectivity index (χ3v) is 4.64. The zero-order chi connectivity index (χ0) is 13.2. The lowest BCUT2D eigenvalue weighted by Crippen LogP contribution is -2.19. The molecule has 3 heteroatoms. The van der Waals surface area contributed by atoms with Crippen LogP contribution in [0.25, 0.3) is 0 Å². The Labute approximate surface area is 121 Å². The van der Waals surface area contributed by atoms with Crippen LogP contribution in [-0.2, 0) is 0 Å². The van der Waals surface area contributed by atoms with Crippen LogP contribution in [0.5, 0.6) is 0 Å². The molecule has 0 amide bonds. The molecule has 0 spiro atoms. The zero-order valence-corrected chi connectivity index (χ0v) is 13.4. The standard InChI is InChI=1S/C15H25NS2/c1-4-10-16-13(2)14-6-8-15(9-7-14)18-12-5-11-17-3/h6-9,13,16H,4-5,10-12H2,1-3H3. The summed E-state index contributed by atoms with van der Waals surface area (Å²) in [5.74, 6) is 2.49. The Morgan fingerprint density at radius 3 is 2.50 bits per heavy atom. The molecule has 1 atom stereocenters. The molecule has 0 aliphatic rings. The quantitative estimate of drug-likeness (QED) is 0.526. The van der Waals surface area contributed by atoms with Crippen molar-refractivity contribution in [2.45, 2.75) is 37.6 Å². The van der Waals surface area contributed by atoms with Crippen LogP contribution in [0.1, 0.15) is 38.3 Å². The van der Waals surface area contributed by atoms with E-state index in [1.54, 1.807) is 0 Å². The second-order valence-electron chi connectivity index (χ2n) is 4.44. The second-order valence-corrected chi connectivity index (χ2v) is 6.59. The van der Waals surface area contributed by atoms with E-state index in [1.807, 2.05) is 23.5 Å². The van der Waals surface area contributed by atoms with Gasteiger partial charge >= 0.3 is 0 Å². The summed E-state index contributed by atoms with van der Waals surface area (Å²) in [5, 5.41) is 3.52. The molecule has 1 rings (SSSR count). The van der Waals surface area contributed by atoms with E-state index in [0.29, 0.717) is 6.04 Å². The number of rotatable bonds is 9. The molecule has 0 radical (unpaired) electrons. The smallest absolute Gasteiger partial charge is 0.0291 e. The molecule has 0 saturated heterocycles. The van der Waals surface area contributed by atoms with E-state index < -0.39 is 0 Å². The minimum absolute atomic E-state index is 0.459. The van der Waals surface area contributed by atoms with Gasteiger partial charge in [-0.1, -0.05) is 19.1 Å². The largest absolute Gasteiger partial charge is 0.310 e. The second kappa shape index (κ2) is 9.76. The van der Waals surface area contributed by atoms with Crippen molar-refractivity contribution in [1.29, 1.82) is 0 Å². The van der Waals surface area contributed by atoms with Crippen molar-refractivity contribution < 1.29 is 0 Å². The first-order valence-corrected chi connectivity index (χ1v) is 9.11. The third-order valence-electron chi connectivity index (χ3n) is 2.84. The van der Waals surface area contributed by atoms with Gasteiger partial charge in [-0.15, -0.1) is 11.8 Å². The normalized spacial score (nSPS) is 12.6. The fraction of sp³-hybridized carbons (Fsp3) is 0.600. The summed E-state index contributed by atoms with van der Waals surface area (Å²) in [6, 6.07) is 9.47. The van der Waals surface area contributed by atoms with E-state index in [4.69, 9.17) is 0 Å². The molecule has 0 aromatic heterocycles. The van der Waals surface area contributed by atoms with Crippen LogP contribution in [0.3, 0.4) is 0 Å². The Kier molecular flexibility index (Phi) is 8.64. The Morgan fingerprint density at radius 2 is 1.89 bits per heavy atom. The average Bonchev–Trinajstić information content (AvgIpc) is 2.41. The van der Waals surface area contributed by atoms with E-state index in [0.717, 1.165) is 6.54 Å². The summed E-state index contributed by atoms with van der Waals surface area (Å²) in [6.45, 7) is 5.52. The summed E-state index contributed by atoms with van der Waals surface area (Å²) >= 11 is 3.89. The van der Waals surface area contributed by atoms with Crippen LogP contribution in [0.4, 0.5) is 0 Å². The molecular formula is C15H25NS2. The summed E-state index contributed by atoms with van der Waals surface area (Å²) in [5.41, 5.74) is 1.39. The third kappa shape index (κ3) is 6.17. The highest BCUT2D eigenvalue weighted by atomic mass is 32.2. The van der Waals surface area contributed by atoms with Crippen LogP contribution in [0.2, 0.25) is 0 Å². The van der Waals surface area contributed by atoms with Crippen molar-refractivity contribution in [3.63, 3.8) is 0 Å². The summed E-state index contributed by atoms with van der Waals surface area (Å²) < 4.78 is 0. The molecule has 0 bridgehead atoms. The lowest BCUT2D eigenvalue weighted by atomic mass is 10.1. The Hall–Kier alpha value is -0.120. The highest BCUT2D eigenvalue weighted by Crippen LogP contribution is 2.22. The molecule has 1 aromatic rings. The minimum Gasteiger partial charge on any atom is -0.310 e. The highest BCUT2D eigenvalue weighted by Gasteiger charge is 2.03. The lowest BCUT2D eigenvalue weighted by Gasteiger charge is -2.14. The monoisotopic (exact) mass is 283 g/mol. The molecule has 0 fully saturated rings. The fourth-order valence-electron chi connectivity index (χ4n) is 1.72. The maximum absolute atomic E-state index is 3.52. The van der Waals surface area contributed by atoms with Gasteiger partial charge in [0.05, 0.1) is 0 Å². The van der Waals surface area contributed by atoms with Gasteiger partial charge in [0, 0.05) is 10.9 Å². The van der Waals surface area contributed by atoms with Gasteiger partial charge in [0.1, 0.15) is 0 Å². The highest BCUT2D eigenvalue weighted by molar-refractivity contribution is 7.99. The van der Waals surface area contributed by atoms with E-state index in [-0.39, 0.29) is 0 Å². The van der Waals surface area contributed by atoms with Crippen LogP contribution in [0.15, 0.2) is 29.2 Å². The molecule has 0 saturated carbocycles. The molecule has 1 nitrogen and oxygen atoms in total. The van der Waals surface area contributed by atoms with Gasteiger partial charge in [-0.25, -0.2) is 0 Å². The van der Waals surface area contributed by atoms with Crippen LogP contribution in [-0.4, -0.2) is 24.3 Å². The first kappa shape index (κ1) is 15.9. The first-order valence-electron chi connectivity index (χ1n) is 6.73. The average molecular weight is 284 g/mol. The van der Waals surface area contributed by atoms with Crippen molar-refractivity contribution in [1.82, 2.24) is 5.32 Å². The van der Waals surface area contributed by atoms with E-state index >= 15 is 0 Å². The Morgan fingerprint density at radius 1 is 1.17 bits per heavy atom. The Balaban J connectivity index is 2.37. The number of benzene rings is 1. The van der Waals surface area contributed by atoms with Crippen LogP contribution in [0, 0.1) is 0 Å². The molecule has 0 aliphatic carbocycles. The maximum Gasteiger partial charge on any atom is 0.0291 e. The molecule has 0 heterocycles. The van der Waals surface area contributed by atoms with Gasteiger partial charge in [0.25, 0.3) is 0 Å². The molecule has 18 heavy (non-hydrogen) atoms. The van der Waals surface area contributed by atoms with E-state index in [9.17, 15) is 0 Å². The van der Waals surface area contributed by atoms with Crippen molar-refractivity contribution in [2.24, 2.45) is 0 Å². The zero-order valence-electron chi connectivity index (χ0n) is 11.7. The van der Waals surface area contributed by atoms with Gasteiger partial charge in [-0.3, -0.25) is 0 Å². The maximum atomic E-state index is 3.52. The summed E-state index contributed by atoms with van der Waals surface area (Å²) in [7, 11) is 0. The number of nitrogens with one attached hydrogen (secondary N) is 1. The van der Waals surface area contributed by atoms with Gasteiger partial charge in [0.15, 0.2) is 0 Å². The molecule has 1 N–H and O–H groups in total. The molecule has 1 aromatic carbocycles. The number of hydrogen-bond acceptors (Lipinski definition) is 3. The molecule has 1 unspecified atom stereocenters. The number of hydrogen-bond donors (Lipinski definition) is 1. The van der Waals surface area contributed by atoms with E-state index in [1.165, 1.54) is 34.8 Å². The fourth-order valence-corrected chi connectivity index (χ4v) is 3.19. The molecule has 102 valence electrons. The SMILES string of the molecule is CCCNC(C)c1ccc(SCCCSC)cc1. The van der Waals surface area contributed by atoms with Gasteiger partial charge < -0.3 is 5.32 Å². The van der Waals surface area contributed by atoms with Crippen molar-refractivity contribution >= 4 is 23.5 Å². The predicted octanol–water partition coefficient (Wildman–Crippen LogP) is 4.59. The van der Waals surface area contributed by atoms with Crippen LogP contribution < -0.4 is 5.32 Å². The topological polar surface area (TPSA) is 12.0 Å². The summed E-state index contributed by atoms with van der Waals surface area (Å²) in [4.78, 5) is 1.39. The van der Waals surface area contributed by atoms with Crippen molar-refractivity contribution in [3.05, 3.63) is 29.8 Å². The molecule has 0 aliphatic heterocycles. The number of thioether (sulfide) groups is 2. The van der Waals surface area contributed by atoms with Gasteiger partial charge in [-0.05, 0) is 61.8 Å². The van der Waals surface area contributed by atoms with Crippen molar-refractivity contribution in [2.75, 3.05) is 24.3 Å².